The Morgan fingerprint density at radius 3 is 0.860 bits per heavy atom. The number of nitrogens with zero attached hydrogens (tertiary/aromatic N) is 2. The van der Waals surface area contributed by atoms with E-state index in [0.29, 0.717) is 0 Å². The molecule has 0 fully saturated rings. The van der Waals surface area contributed by atoms with E-state index < -0.39 is 0 Å². The summed E-state index contributed by atoms with van der Waals surface area (Å²) in [6, 6.07) is 48.9. The lowest BCUT2D eigenvalue weighted by Crippen LogP contribution is -2.16. The molecule has 0 radical (unpaired) electrons. The van der Waals surface area contributed by atoms with Crippen LogP contribution in [-0.2, 0) is 10.8 Å². The van der Waals surface area contributed by atoms with E-state index in [2.05, 4.69) is 212 Å². The molecule has 0 aliphatic heterocycles. The maximum Gasteiger partial charge on any atom is 0.0520 e. The highest BCUT2D eigenvalue weighted by atomic mass is 15.2. The van der Waals surface area contributed by atoms with Crippen molar-refractivity contribution in [1.82, 2.24) is 0 Å². The molecule has 0 bridgehead atoms. The van der Waals surface area contributed by atoms with E-state index in [-0.39, 0.29) is 10.8 Å². The molecule has 0 saturated heterocycles. The van der Waals surface area contributed by atoms with Crippen molar-refractivity contribution in [2.24, 2.45) is 0 Å². The van der Waals surface area contributed by atoms with Gasteiger partial charge in [0.1, 0.15) is 0 Å². The molecule has 0 amide bonds. The number of aryl methyl sites for hydroxylation is 4. The third kappa shape index (κ3) is 7.12. The smallest absolute Gasteiger partial charge is 0.0520 e. The van der Waals surface area contributed by atoms with Gasteiger partial charge in [0.2, 0.25) is 0 Å². The average molecular weight is 657 g/mol. The van der Waals surface area contributed by atoms with Crippen LogP contribution in [0.3, 0.4) is 0 Å². The van der Waals surface area contributed by atoms with E-state index in [4.69, 9.17) is 0 Å². The molecular weight excluding hydrogens is 605 g/mol. The molecule has 254 valence electrons. The third-order valence-corrected chi connectivity index (χ3v) is 9.77. The lowest BCUT2D eigenvalue weighted by molar-refractivity contribution is 0.589. The van der Waals surface area contributed by atoms with Crippen molar-refractivity contribution < 1.29 is 0 Å². The second-order valence-corrected chi connectivity index (χ2v) is 15.9. The van der Waals surface area contributed by atoms with Crippen molar-refractivity contribution in [2.45, 2.75) is 80.1 Å². The fraction of sp³-hybridized carbons (Fsp3) is 0.250. The van der Waals surface area contributed by atoms with Crippen molar-refractivity contribution in [1.29, 1.82) is 0 Å². The first-order valence-electron chi connectivity index (χ1n) is 17.9. The molecule has 6 aromatic carbocycles. The van der Waals surface area contributed by atoms with Crippen LogP contribution >= 0.6 is 0 Å². The monoisotopic (exact) mass is 656 g/mol. The molecule has 50 heavy (non-hydrogen) atoms. The lowest BCUT2D eigenvalue weighted by Gasteiger charge is -2.31. The number of hydrogen-bond acceptors (Lipinski definition) is 2. The van der Waals surface area contributed by atoms with Crippen LogP contribution in [-0.4, -0.2) is 0 Å². The molecule has 2 heteroatoms. The topological polar surface area (TPSA) is 6.48 Å². The Balaban J connectivity index is 1.37. The van der Waals surface area contributed by atoms with Gasteiger partial charge in [-0.25, -0.2) is 0 Å². The zero-order chi connectivity index (χ0) is 35.8. The van der Waals surface area contributed by atoms with Crippen LogP contribution in [0.4, 0.5) is 34.1 Å². The Morgan fingerprint density at radius 1 is 0.340 bits per heavy atom. The molecular formula is C48H52N2. The van der Waals surface area contributed by atoms with Gasteiger partial charge in [-0.2, -0.15) is 0 Å². The minimum atomic E-state index is 0.0928. The van der Waals surface area contributed by atoms with Crippen LogP contribution in [0.25, 0.3) is 11.1 Å². The highest BCUT2D eigenvalue weighted by Gasteiger charge is 2.23. The highest BCUT2D eigenvalue weighted by molar-refractivity contribution is 5.84. The van der Waals surface area contributed by atoms with E-state index in [1.54, 1.807) is 0 Å². The van der Waals surface area contributed by atoms with Crippen LogP contribution < -0.4 is 9.80 Å². The summed E-state index contributed by atoms with van der Waals surface area (Å²) < 4.78 is 0. The Bertz CT molecular complexity index is 1880. The van der Waals surface area contributed by atoms with Gasteiger partial charge in [-0.15, -0.1) is 0 Å². The zero-order valence-corrected chi connectivity index (χ0v) is 31.6. The Hall–Kier alpha value is -5.08. The molecule has 0 spiro atoms. The summed E-state index contributed by atoms with van der Waals surface area (Å²) in [5.41, 5.74) is 17.5. The fourth-order valence-corrected chi connectivity index (χ4v) is 7.06. The molecule has 6 rings (SSSR count). The predicted molar refractivity (Wildman–Crippen MR) is 218 cm³/mol. The Labute approximate surface area is 301 Å². The van der Waals surface area contributed by atoms with E-state index in [9.17, 15) is 0 Å². The summed E-state index contributed by atoms with van der Waals surface area (Å²) in [6.45, 7) is 22.7. The first kappa shape index (κ1) is 34.8. The van der Waals surface area contributed by atoms with E-state index >= 15 is 0 Å². The molecule has 0 aliphatic carbocycles. The average Bonchev–Trinajstić information content (AvgIpc) is 3.08. The fourth-order valence-electron chi connectivity index (χ4n) is 7.06. The molecule has 0 aromatic heterocycles. The second-order valence-electron chi connectivity index (χ2n) is 15.9. The molecule has 0 saturated carbocycles. The predicted octanol–water partition coefficient (Wildman–Crippen LogP) is 14.1. The second kappa shape index (κ2) is 13.7. The number of anilines is 6. The van der Waals surface area contributed by atoms with Gasteiger partial charge < -0.3 is 9.80 Å². The van der Waals surface area contributed by atoms with Crippen LogP contribution in [0.15, 0.2) is 133 Å². The number of rotatable bonds is 7. The number of para-hydroxylation sites is 2. The van der Waals surface area contributed by atoms with E-state index in [1.165, 1.54) is 55.9 Å². The van der Waals surface area contributed by atoms with Crippen molar-refractivity contribution in [3.05, 3.63) is 167 Å². The van der Waals surface area contributed by atoms with Crippen LogP contribution in [0.2, 0.25) is 0 Å². The van der Waals surface area contributed by atoms with Gasteiger partial charge in [-0.05, 0) is 132 Å². The van der Waals surface area contributed by atoms with Crippen LogP contribution in [0.1, 0.15) is 74.9 Å². The third-order valence-electron chi connectivity index (χ3n) is 9.77. The van der Waals surface area contributed by atoms with Gasteiger partial charge in [0.15, 0.2) is 0 Å². The zero-order valence-electron chi connectivity index (χ0n) is 31.6. The Morgan fingerprint density at radius 2 is 0.600 bits per heavy atom. The van der Waals surface area contributed by atoms with Crippen LogP contribution in [0, 0.1) is 27.7 Å². The van der Waals surface area contributed by atoms with Gasteiger partial charge in [-0.1, -0.05) is 126 Å². The van der Waals surface area contributed by atoms with E-state index in [0.717, 1.165) is 22.7 Å². The summed E-state index contributed by atoms with van der Waals surface area (Å²) in [4.78, 5) is 4.80. The largest absolute Gasteiger partial charge is 0.310 e. The van der Waals surface area contributed by atoms with Gasteiger partial charge >= 0.3 is 0 Å². The van der Waals surface area contributed by atoms with Crippen molar-refractivity contribution in [3.63, 3.8) is 0 Å². The molecule has 2 nitrogen and oxygen atoms in total. The van der Waals surface area contributed by atoms with Crippen molar-refractivity contribution >= 4 is 34.1 Å². The summed E-state index contributed by atoms with van der Waals surface area (Å²) in [7, 11) is 0. The standard InChI is InChI=1S/C48H52N2/c1-33-29-39(47(5,6)7)30-34(2)45(33)49(41-17-13-11-14-18-41)43-25-21-37(22-26-43)38-23-27-44(28-24-38)50(42-19-15-12-16-20-42)46-35(3)31-40(32-36(46)4)48(8,9)10/h11-32H,1-10H3. The molecule has 0 atom stereocenters. The summed E-state index contributed by atoms with van der Waals surface area (Å²) in [5.74, 6) is 0. The van der Waals surface area contributed by atoms with Crippen LogP contribution in [0.5, 0.6) is 0 Å². The normalized spacial score (nSPS) is 11.8. The van der Waals surface area contributed by atoms with Crippen molar-refractivity contribution in [2.75, 3.05) is 9.80 Å². The molecule has 0 N–H and O–H groups in total. The summed E-state index contributed by atoms with van der Waals surface area (Å²) in [6.07, 6.45) is 0. The maximum atomic E-state index is 2.40. The SMILES string of the molecule is Cc1cc(C(C)(C)C)cc(C)c1N(c1ccccc1)c1ccc(-c2ccc(N(c3ccccc3)c3c(C)cc(C(C)(C)C)cc3C)cc2)cc1. The summed E-state index contributed by atoms with van der Waals surface area (Å²) >= 11 is 0. The first-order chi connectivity index (χ1) is 23.7. The molecule has 6 aromatic rings. The minimum absolute atomic E-state index is 0.0928. The molecule has 0 aliphatic rings. The van der Waals surface area contributed by atoms with E-state index in [1.807, 2.05) is 0 Å². The van der Waals surface area contributed by atoms with Crippen molar-refractivity contribution in [3.8, 4) is 11.1 Å². The summed E-state index contributed by atoms with van der Waals surface area (Å²) in [5, 5.41) is 0. The molecule has 0 unspecified atom stereocenters. The van der Waals surface area contributed by atoms with Gasteiger partial charge in [-0.3, -0.25) is 0 Å². The first-order valence-corrected chi connectivity index (χ1v) is 17.9. The number of benzene rings is 6. The maximum absolute atomic E-state index is 2.40. The highest BCUT2D eigenvalue weighted by Crippen LogP contribution is 2.43. The Kier molecular flexibility index (Phi) is 9.51. The minimum Gasteiger partial charge on any atom is -0.310 e. The van der Waals surface area contributed by atoms with Gasteiger partial charge in [0.25, 0.3) is 0 Å². The lowest BCUT2D eigenvalue weighted by atomic mass is 9.84. The van der Waals surface area contributed by atoms with Gasteiger partial charge in [0.05, 0.1) is 11.4 Å². The molecule has 0 heterocycles. The number of hydrogen-bond donors (Lipinski definition) is 0. The quantitative estimate of drug-likeness (QED) is 0.169. The van der Waals surface area contributed by atoms with Gasteiger partial charge in [0, 0.05) is 22.7 Å².